The van der Waals surface area contributed by atoms with E-state index >= 15 is 0 Å². The van der Waals surface area contributed by atoms with Crippen LogP contribution in [0.5, 0.6) is 0 Å². The quantitative estimate of drug-likeness (QED) is 0.405. The Labute approximate surface area is 223 Å². The van der Waals surface area contributed by atoms with Crippen molar-refractivity contribution in [1.82, 2.24) is 14.5 Å². The topological polar surface area (TPSA) is 90.0 Å². The van der Waals surface area contributed by atoms with Crippen molar-refractivity contribution < 1.29 is 22.4 Å². The number of nitrogens with one attached hydrogen (secondary N) is 1. The molecule has 3 rings (SSSR count). The predicted octanol–water partition coefficient (Wildman–Crippen LogP) is 3.13. The molecule has 0 aromatic heterocycles. The minimum atomic E-state index is -4.13. The molecule has 38 heavy (non-hydrogen) atoms. The maximum atomic E-state index is 14.0. The van der Waals surface area contributed by atoms with Crippen LogP contribution in [0.25, 0.3) is 0 Å². The van der Waals surface area contributed by atoms with Crippen LogP contribution >= 0.6 is 0 Å². The van der Waals surface area contributed by atoms with Crippen LogP contribution in [0.1, 0.15) is 16.7 Å². The summed E-state index contributed by atoms with van der Waals surface area (Å²) in [6, 6.07) is 20.8. The standard InChI is InChI=1S/C28H33FN4O4S/c1-21-10-8-9-13-23(21)19-32(26(28(35)30-2)18-22-11-6-5-7-12-22)27(34)20-33(38(36,37)31(3)4)25-16-14-24(29)15-17-25/h5-17,26H,18-20H2,1-4H3,(H,30,35)/t26-/m1/s1. The fraction of sp³-hybridized carbons (Fsp3) is 0.286. The monoisotopic (exact) mass is 540 g/mol. The molecule has 3 aromatic rings. The van der Waals surface area contributed by atoms with Gasteiger partial charge in [-0.3, -0.25) is 9.59 Å². The van der Waals surface area contributed by atoms with Gasteiger partial charge in [0.2, 0.25) is 11.8 Å². The lowest BCUT2D eigenvalue weighted by Gasteiger charge is -2.34. The average molecular weight is 541 g/mol. The van der Waals surface area contributed by atoms with Crippen molar-refractivity contribution >= 4 is 27.7 Å². The summed E-state index contributed by atoms with van der Waals surface area (Å²) in [6.45, 7) is 1.42. The second-order valence-electron chi connectivity index (χ2n) is 9.04. The van der Waals surface area contributed by atoms with Crippen LogP contribution in [0.15, 0.2) is 78.9 Å². The van der Waals surface area contributed by atoms with Gasteiger partial charge < -0.3 is 10.2 Å². The van der Waals surface area contributed by atoms with Crippen molar-refractivity contribution in [3.05, 3.63) is 101 Å². The number of halogens is 1. The highest BCUT2D eigenvalue weighted by Gasteiger charge is 2.34. The van der Waals surface area contributed by atoms with E-state index in [0.717, 1.165) is 37.4 Å². The average Bonchev–Trinajstić information content (AvgIpc) is 2.90. The van der Waals surface area contributed by atoms with E-state index in [1.54, 1.807) is 0 Å². The molecule has 0 fully saturated rings. The molecular weight excluding hydrogens is 507 g/mol. The van der Waals surface area contributed by atoms with E-state index < -0.39 is 34.5 Å². The number of benzene rings is 3. The normalized spacial score (nSPS) is 12.2. The van der Waals surface area contributed by atoms with Gasteiger partial charge in [0.25, 0.3) is 0 Å². The number of carbonyl (C=O) groups excluding carboxylic acids is 2. The Morgan fingerprint density at radius 1 is 0.921 bits per heavy atom. The van der Waals surface area contributed by atoms with Gasteiger partial charge in [-0.1, -0.05) is 54.6 Å². The van der Waals surface area contributed by atoms with Crippen LogP contribution in [-0.4, -0.2) is 63.2 Å². The Hall–Kier alpha value is -3.76. The summed E-state index contributed by atoms with van der Waals surface area (Å²) in [5.74, 6) is -1.49. The second kappa shape index (κ2) is 12.7. The lowest BCUT2D eigenvalue weighted by molar-refractivity contribution is -0.139. The van der Waals surface area contributed by atoms with Crippen LogP contribution < -0.4 is 9.62 Å². The van der Waals surface area contributed by atoms with E-state index in [-0.39, 0.29) is 24.6 Å². The zero-order valence-corrected chi connectivity index (χ0v) is 22.8. The van der Waals surface area contributed by atoms with Gasteiger partial charge in [0.15, 0.2) is 0 Å². The van der Waals surface area contributed by atoms with E-state index in [0.29, 0.717) is 0 Å². The van der Waals surface area contributed by atoms with E-state index in [9.17, 15) is 22.4 Å². The van der Waals surface area contributed by atoms with Crippen LogP contribution in [-0.2, 0) is 32.8 Å². The highest BCUT2D eigenvalue weighted by molar-refractivity contribution is 7.90. The fourth-order valence-corrected chi connectivity index (χ4v) is 5.07. The van der Waals surface area contributed by atoms with E-state index in [1.165, 1.54) is 38.2 Å². The van der Waals surface area contributed by atoms with Gasteiger partial charge in [-0.05, 0) is 47.9 Å². The molecule has 0 aliphatic carbocycles. The number of carbonyl (C=O) groups is 2. The van der Waals surface area contributed by atoms with Crippen molar-refractivity contribution in [3.63, 3.8) is 0 Å². The maximum absolute atomic E-state index is 14.0. The Morgan fingerprint density at radius 2 is 1.53 bits per heavy atom. The number of hydrogen-bond donors (Lipinski definition) is 1. The van der Waals surface area contributed by atoms with Crippen LogP contribution in [0.3, 0.4) is 0 Å². The van der Waals surface area contributed by atoms with E-state index in [1.807, 2.05) is 61.5 Å². The molecule has 0 heterocycles. The fourth-order valence-electron chi connectivity index (χ4n) is 4.02. The molecule has 1 atom stereocenters. The van der Waals surface area contributed by atoms with Crippen molar-refractivity contribution in [2.24, 2.45) is 0 Å². The lowest BCUT2D eigenvalue weighted by atomic mass is 10.0. The molecule has 10 heteroatoms. The Bertz CT molecular complexity index is 1350. The molecule has 202 valence electrons. The molecule has 2 amide bonds. The zero-order valence-electron chi connectivity index (χ0n) is 22.0. The molecule has 1 N–H and O–H groups in total. The summed E-state index contributed by atoms with van der Waals surface area (Å²) >= 11 is 0. The number of anilines is 1. The highest BCUT2D eigenvalue weighted by atomic mass is 32.2. The van der Waals surface area contributed by atoms with E-state index in [4.69, 9.17) is 0 Å². The first kappa shape index (κ1) is 28.8. The minimum absolute atomic E-state index is 0.0930. The molecule has 0 aliphatic rings. The van der Waals surface area contributed by atoms with Gasteiger partial charge in [-0.2, -0.15) is 12.7 Å². The van der Waals surface area contributed by atoms with Gasteiger partial charge in [-0.25, -0.2) is 8.70 Å². The van der Waals surface area contributed by atoms with Crippen LogP contribution in [0.2, 0.25) is 0 Å². The predicted molar refractivity (Wildman–Crippen MR) is 146 cm³/mol. The van der Waals surface area contributed by atoms with Gasteiger partial charge in [0.05, 0.1) is 5.69 Å². The SMILES string of the molecule is CNC(=O)[C@@H](Cc1ccccc1)N(Cc1ccccc1C)C(=O)CN(c1ccc(F)cc1)S(=O)(=O)N(C)C. The van der Waals surface area contributed by atoms with Crippen molar-refractivity contribution in [1.29, 1.82) is 0 Å². The van der Waals surface area contributed by atoms with Crippen molar-refractivity contribution in [2.75, 3.05) is 32.0 Å². The summed E-state index contributed by atoms with van der Waals surface area (Å²) in [7, 11) is 0.0721. The van der Waals surface area contributed by atoms with Crippen molar-refractivity contribution in [2.45, 2.75) is 25.9 Å². The van der Waals surface area contributed by atoms with Crippen LogP contribution in [0.4, 0.5) is 10.1 Å². The van der Waals surface area contributed by atoms with Gasteiger partial charge in [0.1, 0.15) is 18.4 Å². The molecule has 0 radical (unpaired) electrons. The number of likely N-dealkylation sites (N-methyl/N-ethyl adjacent to an activating group) is 1. The number of amides is 2. The summed E-state index contributed by atoms with van der Waals surface area (Å²) in [5.41, 5.74) is 2.73. The van der Waals surface area contributed by atoms with Gasteiger partial charge in [0, 0.05) is 34.1 Å². The molecule has 3 aromatic carbocycles. The summed E-state index contributed by atoms with van der Waals surface area (Å²) in [6.07, 6.45) is 0.231. The molecule has 0 unspecified atom stereocenters. The summed E-state index contributed by atoms with van der Waals surface area (Å²) in [4.78, 5) is 28.5. The third kappa shape index (κ3) is 6.96. The molecule has 0 saturated heterocycles. The van der Waals surface area contributed by atoms with Gasteiger partial charge in [-0.15, -0.1) is 0 Å². The molecule has 0 aliphatic heterocycles. The highest BCUT2D eigenvalue weighted by Crippen LogP contribution is 2.22. The molecule has 0 saturated carbocycles. The molecule has 8 nitrogen and oxygen atoms in total. The molecule has 0 spiro atoms. The minimum Gasteiger partial charge on any atom is -0.357 e. The first-order valence-corrected chi connectivity index (χ1v) is 13.5. The number of nitrogens with zero attached hydrogens (tertiary/aromatic N) is 3. The Balaban J connectivity index is 2.07. The molecule has 0 bridgehead atoms. The third-order valence-corrected chi connectivity index (χ3v) is 8.07. The van der Waals surface area contributed by atoms with Crippen LogP contribution in [0, 0.1) is 12.7 Å². The smallest absolute Gasteiger partial charge is 0.304 e. The first-order chi connectivity index (χ1) is 18.0. The molecular formula is C28H33FN4O4S. The van der Waals surface area contributed by atoms with E-state index in [2.05, 4.69) is 5.32 Å². The maximum Gasteiger partial charge on any atom is 0.304 e. The van der Waals surface area contributed by atoms with Crippen molar-refractivity contribution in [3.8, 4) is 0 Å². The number of hydrogen-bond acceptors (Lipinski definition) is 4. The Kier molecular flexibility index (Phi) is 9.60. The second-order valence-corrected chi connectivity index (χ2v) is 11.1. The summed E-state index contributed by atoms with van der Waals surface area (Å²) < 4.78 is 42.0. The third-order valence-electron chi connectivity index (χ3n) is 6.25. The van der Waals surface area contributed by atoms with Gasteiger partial charge >= 0.3 is 10.2 Å². The largest absolute Gasteiger partial charge is 0.357 e. The zero-order chi connectivity index (χ0) is 27.9. The number of aryl methyl sites for hydroxylation is 1. The first-order valence-electron chi connectivity index (χ1n) is 12.1. The Morgan fingerprint density at radius 3 is 2.11 bits per heavy atom. The number of rotatable bonds is 11. The summed E-state index contributed by atoms with van der Waals surface area (Å²) in [5, 5.41) is 2.65. The lowest BCUT2D eigenvalue weighted by Crippen LogP contribution is -2.54.